The lowest BCUT2D eigenvalue weighted by atomic mass is 10.1. The first-order chi connectivity index (χ1) is 16.7. The average molecular weight is 449 g/mol. The van der Waals surface area contributed by atoms with E-state index < -0.39 is 5.91 Å². The molecule has 0 aliphatic heterocycles. The molecule has 4 aromatic rings. The smallest absolute Gasteiger partial charge is 0.262 e. The second-order valence-electron chi connectivity index (χ2n) is 7.67. The fourth-order valence-corrected chi connectivity index (χ4v) is 3.63. The average Bonchev–Trinajstić information content (AvgIpc) is 2.90. The van der Waals surface area contributed by atoms with Crippen molar-refractivity contribution in [2.45, 2.75) is 13.2 Å². The van der Waals surface area contributed by atoms with Gasteiger partial charge in [0.05, 0.1) is 7.11 Å². The molecule has 0 aliphatic rings. The molecule has 0 unspecified atom stereocenters. The third-order valence-electron chi connectivity index (χ3n) is 5.46. The van der Waals surface area contributed by atoms with Gasteiger partial charge in [0.2, 0.25) is 0 Å². The maximum Gasteiger partial charge on any atom is 0.262 e. The molecule has 0 bridgehead atoms. The van der Waals surface area contributed by atoms with Crippen molar-refractivity contribution < 1.29 is 14.3 Å². The number of carbonyl (C=O) groups excluding carboxylic acids is 1. The molecule has 0 aromatic heterocycles. The molecule has 5 nitrogen and oxygen atoms in total. The second kappa shape index (κ2) is 10.8. The first kappa shape index (κ1) is 22.6. The fraction of sp³-hybridized carbons (Fsp3) is 0.103. The Hall–Kier alpha value is -4.56. The van der Waals surface area contributed by atoms with E-state index in [1.807, 2.05) is 78.9 Å². The molecule has 4 rings (SSSR count). The first-order valence-electron chi connectivity index (χ1n) is 10.9. The molecule has 1 amide bonds. The fourth-order valence-electron chi connectivity index (χ4n) is 3.63. The van der Waals surface area contributed by atoms with Gasteiger partial charge < -0.3 is 14.8 Å². The van der Waals surface area contributed by atoms with Crippen LogP contribution in [0.4, 0.5) is 0 Å². The summed E-state index contributed by atoms with van der Waals surface area (Å²) in [7, 11) is 1.60. The molecule has 0 heterocycles. The highest BCUT2D eigenvalue weighted by Crippen LogP contribution is 2.25. The predicted molar refractivity (Wildman–Crippen MR) is 133 cm³/mol. The zero-order chi connectivity index (χ0) is 23.8. The third-order valence-corrected chi connectivity index (χ3v) is 5.46. The summed E-state index contributed by atoms with van der Waals surface area (Å²) >= 11 is 0. The number of amides is 1. The molecule has 0 radical (unpaired) electrons. The molecule has 0 saturated carbocycles. The van der Waals surface area contributed by atoms with E-state index in [9.17, 15) is 10.1 Å². The van der Waals surface area contributed by atoms with Crippen LogP contribution in [0.15, 0.2) is 96.6 Å². The monoisotopic (exact) mass is 448 g/mol. The molecule has 0 saturated heterocycles. The normalized spacial score (nSPS) is 11.0. The van der Waals surface area contributed by atoms with Crippen LogP contribution in [0, 0.1) is 11.3 Å². The third kappa shape index (κ3) is 5.43. The lowest BCUT2D eigenvalue weighted by Gasteiger charge is -2.12. The molecule has 0 spiro atoms. The van der Waals surface area contributed by atoms with Crippen LogP contribution in [0.3, 0.4) is 0 Å². The SMILES string of the molecule is COc1ccc(CNC(=O)/C(C#N)=C\c2ccccc2OCc2cccc3ccccc23)cc1. The van der Waals surface area contributed by atoms with Crippen LogP contribution in [-0.2, 0) is 17.9 Å². The van der Waals surface area contributed by atoms with E-state index in [2.05, 4.69) is 23.5 Å². The topological polar surface area (TPSA) is 71.3 Å². The minimum absolute atomic E-state index is 0.00900. The van der Waals surface area contributed by atoms with E-state index in [0.717, 1.165) is 27.6 Å². The number of nitrogens with one attached hydrogen (secondary N) is 1. The summed E-state index contributed by atoms with van der Waals surface area (Å²) in [5, 5.41) is 14.7. The minimum Gasteiger partial charge on any atom is -0.497 e. The van der Waals surface area contributed by atoms with E-state index in [1.165, 1.54) is 0 Å². The molecule has 1 N–H and O–H groups in total. The number of nitrogens with zero attached hydrogens (tertiary/aromatic N) is 1. The standard InChI is InChI=1S/C29H24N2O3/c1-33-26-15-13-21(14-16-26)19-31-29(32)25(18-30)17-23-8-3-5-12-28(23)34-20-24-10-6-9-22-7-2-4-11-27(22)24/h2-17H,19-20H2,1H3,(H,31,32)/b25-17-. The van der Waals surface area contributed by atoms with Gasteiger partial charge in [0.25, 0.3) is 5.91 Å². The summed E-state index contributed by atoms with van der Waals surface area (Å²) in [4.78, 5) is 12.6. The van der Waals surface area contributed by atoms with E-state index in [4.69, 9.17) is 9.47 Å². The first-order valence-corrected chi connectivity index (χ1v) is 10.9. The number of rotatable bonds is 8. The summed E-state index contributed by atoms with van der Waals surface area (Å²) in [6, 6.07) is 31.0. The van der Waals surface area contributed by atoms with Gasteiger partial charge in [0.15, 0.2) is 0 Å². The molecular formula is C29H24N2O3. The van der Waals surface area contributed by atoms with Crippen LogP contribution < -0.4 is 14.8 Å². The summed E-state index contributed by atoms with van der Waals surface area (Å²) in [5.41, 5.74) is 2.65. The van der Waals surface area contributed by atoms with Crippen molar-refractivity contribution >= 4 is 22.8 Å². The van der Waals surface area contributed by atoms with Crippen molar-refractivity contribution in [2.24, 2.45) is 0 Å². The Labute approximate surface area is 198 Å². The Kier molecular flexibility index (Phi) is 7.22. The highest BCUT2D eigenvalue weighted by molar-refractivity contribution is 6.02. The molecule has 0 fully saturated rings. The van der Waals surface area contributed by atoms with Crippen molar-refractivity contribution in [3.8, 4) is 17.6 Å². The highest BCUT2D eigenvalue weighted by atomic mass is 16.5. The zero-order valence-electron chi connectivity index (χ0n) is 18.8. The summed E-state index contributed by atoms with van der Waals surface area (Å²) in [5.74, 6) is 0.904. The van der Waals surface area contributed by atoms with Gasteiger partial charge in [0, 0.05) is 12.1 Å². The number of benzene rings is 4. The van der Waals surface area contributed by atoms with Crippen molar-refractivity contribution in [3.63, 3.8) is 0 Å². The van der Waals surface area contributed by atoms with Crippen molar-refractivity contribution in [3.05, 3.63) is 113 Å². The number of hydrogen-bond acceptors (Lipinski definition) is 4. The van der Waals surface area contributed by atoms with E-state index in [-0.39, 0.29) is 5.57 Å². The van der Waals surface area contributed by atoms with Gasteiger partial charge in [0.1, 0.15) is 29.7 Å². The maximum atomic E-state index is 12.6. The minimum atomic E-state index is -0.442. The van der Waals surface area contributed by atoms with Crippen LogP contribution in [0.2, 0.25) is 0 Å². The highest BCUT2D eigenvalue weighted by Gasteiger charge is 2.11. The number of hydrogen-bond donors (Lipinski definition) is 1. The quantitative estimate of drug-likeness (QED) is 0.279. The summed E-state index contributed by atoms with van der Waals surface area (Å²) < 4.78 is 11.3. The molecule has 4 aromatic carbocycles. The number of para-hydroxylation sites is 1. The van der Waals surface area contributed by atoms with E-state index >= 15 is 0 Å². The number of carbonyl (C=O) groups is 1. The van der Waals surface area contributed by atoms with Crippen LogP contribution in [0.25, 0.3) is 16.8 Å². The van der Waals surface area contributed by atoms with E-state index in [1.54, 1.807) is 13.2 Å². The molecule has 168 valence electrons. The van der Waals surface area contributed by atoms with Crippen molar-refractivity contribution in [2.75, 3.05) is 7.11 Å². The summed E-state index contributed by atoms with van der Waals surface area (Å²) in [6.07, 6.45) is 1.56. The molecule has 34 heavy (non-hydrogen) atoms. The molecule has 0 aliphatic carbocycles. The van der Waals surface area contributed by atoms with Crippen molar-refractivity contribution in [1.29, 1.82) is 5.26 Å². The molecular weight excluding hydrogens is 424 g/mol. The van der Waals surface area contributed by atoms with E-state index in [0.29, 0.717) is 24.5 Å². The Morgan fingerprint density at radius 2 is 1.68 bits per heavy atom. The van der Waals surface area contributed by atoms with Gasteiger partial charge in [-0.05, 0) is 46.2 Å². The van der Waals surface area contributed by atoms with Gasteiger partial charge in [-0.3, -0.25) is 4.79 Å². The number of fused-ring (bicyclic) bond motifs is 1. The Morgan fingerprint density at radius 1 is 0.941 bits per heavy atom. The van der Waals surface area contributed by atoms with Crippen LogP contribution in [0.5, 0.6) is 11.5 Å². The maximum absolute atomic E-state index is 12.6. The van der Waals surface area contributed by atoms with Gasteiger partial charge in [-0.2, -0.15) is 5.26 Å². The van der Waals surface area contributed by atoms with Crippen molar-refractivity contribution in [1.82, 2.24) is 5.32 Å². The lowest BCUT2D eigenvalue weighted by molar-refractivity contribution is -0.117. The predicted octanol–water partition coefficient (Wildman–Crippen LogP) is 5.65. The van der Waals surface area contributed by atoms with Gasteiger partial charge in [-0.25, -0.2) is 0 Å². The number of nitriles is 1. The van der Waals surface area contributed by atoms with Crippen LogP contribution >= 0.6 is 0 Å². The molecule has 5 heteroatoms. The second-order valence-corrected chi connectivity index (χ2v) is 7.67. The van der Waals surface area contributed by atoms with Gasteiger partial charge >= 0.3 is 0 Å². The van der Waals surface area contributed by atoms with Crippen LogP contribution in [0.1, 0.15) is 16.7 Å². The largest absolute Gasteiger partial charge is 0.497 e. The van der Waals surface area contributed by atoms with Gasteiger partial charge in [-0.15, -0.1) is 0 Å². The number of ether oxygens (including phenoxy) is 2. The zero-order valence-corrected chi connectivity index (χ0v) is 18.8. The Morgan fingerprint density at radius 3 is 2.47 bits per heavy atom. The molecule has 0 atom stereocenters. The van der Waals surface area contributed by atoms with Crippen LogP contribution in [-0.4, -0.2) is 13.0 Å². The Balaban J connectivity index is 1.48. The number of methoxy groups -OCH3 is 1. The lowest BCUT2D eigenvalue weighted by Crippen LogP contribution is -2.23. The Bertz CT molecular complexity index is 1360. The van der Waals surface area contributed by atoms with Gasteiger partial charge in [-0.1, -0.05) is 72.8 Å². The summed E-state index contributed by atoms with van der Waals surface area (Å²) in [6.45, 7) is 0.679.